The van der Waals surface area contributed by atoms with Gasteiger partial charge < -0.3 is 5.11 Å². The van der Waals surface area contributed by atoms with Gasteiger partial charge in [0.05, 0.1) is 4.90 Å². The molecule has 0 spiro atoms. The average Bonchev–Trinajstić information content (AvgIpc) is 3.09. The van der Waals surface area contributed by atoms with Gasteiger partial charge in [-0.2, -0.15) is 4.72 Å². The molecule has 1 atom stereocenters. The maximum Gasteiger partial charge on any atom is 0.322 e. The van der Waals surface area contributed by atoms with E-state index in [0.717, 1.165) is 31.3 Å². The van der Waals surface area contributed by atoms with Gasteiger partial charge in [0.2, 0.25) is 10.0 Å². The fourth-order valence-corrected chi connectivity index (χ4v) is 6.06. The Morgan fingerprint density at radius 2 is 1.53 bits per heavy atom. The average molecular weight is 440 g/mol. The van der Waals surface area contributed by atoms with Gasteiger partial charge in [0, 0.05) is 20.2 Å². The Hall–Kier alpha value is -2.74. The van der Waals surface area contributed by atoms with Crippen molar-refractivity contribution in [2.45, 2.75) is 24.8 Å². The second-order valence-electron chi connectivity index (χ2n) is 7.52. The summed E-state index contributed by atoms with van der Waals surface area (Å²) in [4.78, 5) is 11.5. The lowest BCUT2D eigenvalue weighted by atomic mass is 10.0. The molecule has 0 saturated carbocycles. The number of nitrogens with one attached hydrogen (secondary N) is 1. The molecule has 1 aromatic heterocycles. The first-order chi connectivity index (χ1) is 14.3. The Kier molecular flexibility index (Phi) is 5.36. The molecule has 4 aromatic rings. The molecule has 5 nitrogen and oxygen atoms in total. The van der Waals surface area contributed by atoms with Crippen LogP contribution in [0.25, 0.3) is 31.3 Å². The number of rotatable bonds is 6. The van der Waals surface area contributed by atoms with Crippen molar-refractivity contribution in [1.29, 1.82) is 0 Å². The van der Waals surface area contributed by atoms with E-state index in [9.17, 15) is 18.3 Å². The molecule has 0 saturated heterocycles. The topological polar surface area (TPSA) is 83.5 Å². The van der Waals surface area contributed by atoms with Crippen LogP contribution in [0.2, 0.25) is 0 Å². The van der Waals surface area contributed by atoms with Crippen LogP contribution in [0, 0.1) is 5.92 Å². The zero-order valence-electron chi connectivity index (χ0n) is 16.5. The van der Waals surface area contributed by atoms with Gasteiger partial charge in [-0.1, -0.05) is 62.4 Å². The lowest BCUT2D eigenvalue weighted by molar-refractivity contribution is -0.140. The monoisotopic (exact) mass is 439 g/mol. The fourth-order valence-electron chi connectivity index (χ4n) is 3.44. The SMILES string of the molecule is CC(C)[C@@H](NS(=O)(=O)c1ccc2c(c1)sc1cc(-c3ccccc3)ccc12)C(=O)O. The van der Waals surface area contributed by atoms with Crippen LogP contribution < -0.4 is 4.72 Å². The molecule has 0 amide bonds. The molecule has 3 aromatic carbocycles. The van der Waals surface area contributed by atoms with E-state index in [1.807, 2.05) is 18.2 Å². The number of hydrogen-bond acceptors (Lipinski definition) is 4. The second-order valence-corrected chi connectivity index (χ2v) is 10.3. The van der Waals surface area contributed by atoms with Gasteiger partial charge in [0.1, 0.15) is 6.04 Å². The number of fused-ring (bicyclic) bond motifs is 3. The van der Waals surface area contributed by atoms with Crippen LogP contribution in [0.4, 0.5) is 0 Å². The number of carbonyl (C=O) groups is 1. The summed E-state index contributed by atoms with van der Waals surface area (Å²) in [7, 11) is -3.95. The standard InChI is InChI=1S/C23H21NO4S2/c1-14(2)22(23(25)26)24-30(27,28)17-9-11-19-18-10-8-16(15-6-4-3-5-7-15)12-20(18)29-21(19)13-17/h3-14,22,24H,1-2H3,(H,25,26)/t22-/m1/s1. The van der Waals surface area contributed by atoms with Crippen LogP contribution in [-0.2, 0) is 14.8 Å². The lowest BCUT2D eigenvalue weighted by Crippen LogP contribution is -2.44. The van der Waals surface area contributed by atoms with Crippen molar-refractivity contribution in [2.75, 3.05) is 0 Å². The van der Waals surface area contributed by atoms with Gasteiger partial charge in [-0.05, 0) is 35.2 Å². The van der Waals surface area contributed by atoms with Crippen LogP contribution >= 0.6 is 11.3 Å². The van der Waals surface area contributed by atoms with Crippen molar-refractivity contribution >= 4 is 47.5 Å². The minimum atomic E-state index is -3.95. The normalized spacial score (nSPS) is 13.2. The van der Waals surface area contributed by atoms with E-state index in [4.69, 9.17) is 0 Å². The zero-order chi connectivity index (χ0) is 21.5. The number of carboxylic acids is 1. The van der Waals surface area contributed by atoms with Gasteiger partial charge >= 0.3 is 5.97 Å². The van der Waals surface area contributed by atoms with Crippen molar-refractivity contribution in [2.24, 2.45) is 5.92 Å². The first-order valence-corrected chi connectivity index (χ1v) is 11.8. The first-order valence-electron chi connectivity index (χ1n) is 9.53. The summed E-state index contributed by atoms with van der Waals surface area (Å²) in [6.07, 6.45) is 0. The molecule has 0 fully saturated rings. The number of aliphatic carboxylic acids is 1. The third-order valence-corrected chi connectivity index (χ3v) is 7.63. The molecule has 7 heteroatoms. The fraction of sp³-hybridized carbons (Fsp3) is 0.174. The van der Waals surface area contributed by atoms with E-state index in [1.165, 1.54) is 17.4 Å². The molecule has 2 N–H and O–H groups in total. The molecule has 1 heterocycles. The quantitative estimate of drug-likeness (QED) is 0.437. The van der Waals surface area contributed by atoms with Gasteiger partial charge in [-0.3, -0.25) is 4.79 Å². The van der Waals surface area contributed by atoms with E-state index in [1.54, 1.807) is 26.0 Å². The minimum Gasteiger partial charge on any atom is -0.480 e. The Labute approximate surface area is 179 Å². The maximum absolute atomic E-state index is 12.8. The Balaban J connectivity index is 1.75. The van der Waals surface area contributed by atoms with Gasteiger partial charge in [0.25, 0.3) is 0 Å². The zero-order valence-corrected chi connectivity index (χ0v) is 18.1. The predicted octanol–water partition coefficient (Wildman–Crippen LogP) is 5.11. The van der Waals surface area contributed by atoms with E-state index < -0.39 is 22.0 Å². The Morgan fingerprint density at radius 1 is 0.900 bits per heavy atom. The van der Waals surface area contributed by atoms with Crippen molar-refractivity contribution in [3.63, 3.8) is 0 Å². The first kappa shape index (κ1) is 20.5. The van der Waals surface area contributed by atoms with Gasteiger partial charge in [-0.25, -0.2) is 8.42 Å². The molecule has 4 rings (SSSR count). The lowest BCUT2D eigenvalue weighted by Gasteiger charge is -2.18. The highest BCUT2D eigenvalue weighted by molar-refractivity contribution is 7.89. The van der Waals surface area contributed by atoms with E-state index in [0.29, 0.717) is 0 Å². The van der Waals surface area contributed by atoms with Gasteiger partial charge in [-0.15, -0.1) is 11.3 Å². The third-order valence-electron chi connectivity index (χ3n) is 5.08. The number of hydrogen-bond donors (Lipinski definition) is 2. The third kappa shape index (κ3) is 3.84. The number of thiophene rings is 1. The Bertz CT molecular complexity index is 1340. The highest BCUT2D eigenvalue weighted by Crippen LogP contribution is 2.37. The molecular weight excluding hydrogens is 418 g/mol. The highest BCUT2D eigenvalue weighted by Gasteiger charge is 2.28. The van der Waals surface area contributed by atoms with Crippen LogP contribution in [0.15, 0.2) is 71.6 Å². The molecule has 0 unspecified atom stereocenters. The molecule has 0 radical (unpaired) electrons. The predicted molar refractivity (Wildman–Crippen MR) is 121 cm³/mol. The van der Waals surface area contributed by atoms with Crippen molar-refractivity contribution in [3.8, 4) is 11.1 Å². The van der Waals surface area contributed by atoms with Crippen LogP contribution in [-0.4, -0.2) is 25.5 Å². The number of benzene rings is 3. The largest absolute Gasteiger partial charge is 0.480 e. The molecule has 0 aliphatic rings. The summed E-state index contributed by atoms with van der Waals surface area (Å²) in [5.74, 6) is -1.56. The minimum absolute atomic E-state index is 0.0664. The molecular formula is C23H21NO4S2. The molecule has 0 bridgehead atoms. The van der Waals surface area contributed by atoms with E-state index in [2.05, 4.69) is 35.1 Å². The molecule has 0 aliphatic carbocycles. The summed E-state index contributed by atoms with van der Waals surface area (Å²) in [5, 5.41) is 11.4. The highest BCUT2D eigenvalue weighted by atomic mass is 32.2. The van der Waals surface area contributed by atoms with Crippen LogP contribution in [0.5, 0.6) is 0 Å². The van der Waals surface area contributed by atoms with Crippen LogP contribution in [0.1, 0.15) is 13.8 Å². The number of sulfonamides is 1. The van der Waals surface area contributed by atoms with Crippen LogP contribution in [0.3, 0.4) is 0 Å². The summed E-state index contributed by atoms with van der Waals surface area (Å²) in [6.45, 7) is 3.33. The molecule has 154 valence electrons. The second kappa shape index (κ2) is 7.83. The van der Waals surface area contributed by atoms with Gasteiger partial charge in [0.15, 0.2) is 0 Å². The van der Waals surface area contributed by atoms with Crippen molar-refractivity contribution in [1.82, 2.24) is 4.72 Å². The van der Waals surface area contributed by atoms with E-state index >= 15 is 0 Å². The summed E-state index contributed by atoms with van der Waals surface area (Å²) < 4.78 is 29.8. The summed E-state index contributed by atoms with van der Waals surface area (Å²) >= 11 is 1.52. The summed E-state index contributed by atoms with van der Waals surface area (Å²) in [5.41, 5.74) is 2.23. The summed E-state index contributed by atoms with van der Waals surface area (Å²) in [6, 6.07) is 20.1. The van der Waals surface area contributed by atoms with Crippen molar-refractivity contribution in [3.05, 3.63) is 66.7 Å². The maximum atomic E-state index is 12.8. The molecule has 30 heavy (non-hydrogen) atoms. The Morgan fingerprint density at radius 3 is 2.17 bits per heavy atom. The number of carboxylic acid groups (broad SMARTS) is 1. The van der Waals surface area contributed by atoms with E-state index in [-0.39, 0.29) is 10.8 Å². The molecule has 0 aliphatic heterocycles. The van der Waals surface area contributed by atoms with Crippen molar-refractivity contribution < 1.29 is 18.3 Å². The smallest absolute Gasteiger partial charge is 0.322 e.